The third-order valence-corrected chi connectivity index (χ3v) is 6.09. The molecule has 1 aromatic rings. The van der Waals surface area contributed by atoms with Crippen molar-refractivity contribution in [2.24, 2.45) is 11.8 Å². The smallest absolute Gasteiger partial charge is 0.237 e. The largest absolute Gasteiger partial charge is 0.368 e. The first-order valence-corrected chi connectivity index (χ1v) is 9.78. The summed E-state index contributed by atoms with van der Waals surface area (Å²) in [5.41, 5.74) is 1.14. The fourth-order valence-electron chi connectivity index (χ4n) is 2.75. The Bertz CT molecular complexity index is 747. The Kier molecular flexibility index (Phi) is 6.59. The first-order chi connectivity index (χ1) is 11.6. The van der Waals surface area contributed by atoms with Crippen LogP contribution in [0.4, 0.5) is 5.69 Å². The standard InChI is InChI=1S/C16H18BrCl2N3O2S/c1-8(17)11(13(18)21(2)3)9-7-22(4)16(24)12(9)15(23)20-10-5-6-25-14(10)19/h5-6,9,12H,1,7H2,2-4H3,(H,20,23)/b13-11+/t9-,12+/m1/s1. The maximum atomic E-state index is 12.8. The number of nitrogens with zero attached hydrogens (tertiary/aromatic N) is 2. The van der Waals surface area contributed by atoms with Crippen molar-refractivity contribution < 1.29 is 9.59 Å². The van der Waals surface area contributed by atoms with Crippen molar-refractivity contribution >= 4 is 68.0 Å². The van der Waals surface area contributed by atoms with Crippen molar-refractivity contribution in [2.45, 2.75) is 0 Å². The van der Waals surface area contributed by atoms with E-state index in [4.69, 9.17) is 23.2 Å². The van der Waals surface area contributed by atoms with Crippen molar-refractivity contribution in [2.75, 3.05) is 33.0 Å². The number of allylic oxidation sites excluding steroid dienone is 1. The third-order valence-electron chi connectivity index (χ3n) is 3.95. The van der Waals surface area contributed by atoms with Gasteiger partial charge in [-0.15, -0.1) is 11.3 Å². The summed E-state index contributed by atoms with van der Waals surface area (Å²) in [5, 5.41) is 4.95. The van der Waals surface area contributed by atoms with E-state index in [9.17, 15) is 9.59 Å². The molecular formula is C16H18BrCl2N3O2S. The van der Waals surface area contributed by atoms with E-state index in [1.54, 1.807) is 37.5 Å². The van der Waals surface area contributed by atoms with Crippen LogP contribution in [0.15, 0.2) is 33.2 Å². The van der Waals surface area contributed by atoms with Crippen LogP contribution >= 0.6 is 50.5 Å². The zero-order chi connectivity index (χ0) is 18.9. The molecule has 5 nitrogen and oxygen atoms in total. The van der Waals surface area contributed by atoms with Crippen molar-refractivity contribution in [1.29, 1.82) is 0 Å². The van der Waals surface area contributed by atoms with Crippen LogP contribution in [-0.4, -0.2) is 49.3 Å². The van der Waals surface area contributed by atoms with Gasteiger partial charge in [-0.05, 0) is 11.4 Å². The van der Waals surface area contributed by atoms with E-state index in [1.165, 1.54) is 16.2 Å². The zero-order valence-corrected chi connectivity index (χ0v) is 17.9. The molecule has 1 aliphatic rings. The number of hydrogen-bond acceptors (Lipinski definition) is 4. The van der Waals surface area contributed by atoms with Gasteiger partial charge < -0.3 is 15.1 Å². The predicted octanol–water partition coefficient (Wildman–Crippen LogP) is 3.97. The molecule has 0 unspecified atom stereocenters. The number of hydrogen-bond donors (Lipinski definition) is 1. The number of carbonyl (C=O) groups excluding carboxylic acids is 2. The molecule has 2 atom stereocenters. The van der Waals surface area contributed by atoms with Crippen molar-refractivity contribution in [1.82, 2.24) is 9.80 Å². The molecule has 9 heteroatoms. The second-order valence-corrected chi connectivity index (χ2v) is 8.74. The minimum Gasteiger partial charge on any atom is -0.368 e. The quantitative estimate of drug-likeness (QED) is 0.405. The Hall–Kier alpha value is -1.02. The van der Waals surface area contributed by atoms with Crippen LogP contribution in [0.3, 0.4) is 0 Å². The van der Waals surface area contributed by atoms with Crippen molar-refractivity contribution in [3.05, 3.63) is 37.6 Å². The number of likely N-dealkylation sites (tertiary alicyclic amines) is 1. The lowest BCUT2D eigenvalue weighted by Crippen LogP contribution is -2.34. The Morgan fingerprint density at radius 2 is 2.16 bits per heavy atom. The summed E-state index contributed by atoms with van der Waals surface area (Å²) < 4.78 is 1.02. The molecule has 1 aliphatic heterocycles. The summed E-state index contributed by atoms with van der Waals surface area (Å²) in [6.45, 7) is 4.28. The molecule has 0 bridgehead atoms. The SMILES string of the molecule is C=C(Br)/C(=C(/Cl)N(C)C)[C@H]1CN(C)C(=O)[C@@H]1C(=O)Nc1ccsc1Cl. The highest BCUT2D eigenvalue weighted by molar-refractivity contribution is 9.11. The Balaban J connectivity index is 2.40. The lowest BCUT2D eigenvalue weighted by Gasteiger charge is -2.23. The minimum absolute atomic E-state index is 0.261. The molecule has 2 amide bonds. The molecule has 0 radical (unpaired) electrons. The molecule has 0 aliphatic carbocycles. The van der Waals surface area contributed by atoms with E-state index < -0.39 is 17.7 Å². The van der Waals surface area contributed by atoms with E-state index in [-0.39, 0.29) is 5.91 Å². The van der Waals surface area contributed by atoms with Gasteiger partial charge in [0.1, 0.15) is 15.4 Å². The van der Waals surface area contributed by atoms with E-state index in [2.05, 4.69) is 27.8 Å². The van der Waals surface area contributed by atoms with Crippen molar-refractivity contribution in [3.8, 4) is 0 Å². The van der Waals surface area contributed by atoms with Crippen LogP contribution in [0.1, 0.15) is 0 Å². The van der Waals surface area contributed by atoms with Gasteiger partial charge in [-0.2, -0.15) is 0 Å². The fraction of sp³-hybridized carbons (Fsp3) is 0.375. The summed E-state index contributed by atoms with van der Waals surface area (Å²) in [7, 11) is 5.25. The first-order valence-electron chi connectivity index (χ1n) is 7.35. The average Bonchev–Trinajstić information content (AvgIpc) is 3.03. The highest BCUT2D eigenvalue weighted by Crippen LogP contribution is 2.39. The van der Waals surface area contributed by atoms with Gasteiger partial charge in [0.25, 0.3) is 0 Å². The zero-order valence-electron chi connectivity index (χ0n) is 14.0. The normalized spacial score (nSPS) is 21.2. The Morgan fingerprint density at radius 1 is 1.52 bits per heavy atom. The first kappa shape index (κ1) is 20.3. The van der Waals surface area contributed by atoms with E-state index in [0.29, 0.717) is 31.8 Å². The highest BCUT2D eigenvalue weighted by atomic mass is 79.9. The molecule has 0 aromatic carbocycles. The van der Waals surface area contributed by atoms with Crippen LogP contribution < -0.4 is 5.32 Å². The van der Waals surface area contributed by atoms with Gasteiger partial charge in [0, 0.05) is 43.7 Å². The van der Waals surface area contributed by atoms with Gasteiger partial charge in [0.05, 0.1) is 5.69 Å². The summed E-state index contributed by atoms with van der Waals surface area (Å²) >= 11 is 17.1. The van der Waals surface area contributed by atoms with Crippen LogP contribution in [-0.2, 0) is 9.59 Å². The van der Waals surface area contributed by atoms with Gasteiger partial charge >= 0.3 is 0 Å². The number of anilines is 1. The molecule has 2 rings (SSSR count). The number of amides is 2. The highest BCUT2D eigenvalue weighted by Gasteiger charge is 2.46. The van der Waals surface area contributed by atoms with Gasteiger partial charge in [0.15, 0.2) is 0 Å². The summed E-state index contributed by atoms with van der Waals surface area (Å²) in [4.78, 5) is 28.7. The van der Waals surface area contributed by atoms with Crippen LogP contribution in [0.2, 0.25) is 4.34 Å². The number of thiophene rings is 1. The molecule has 1 N–H and O–H groups in total. The number of carbonyl (C=O) groups is 2. The predicted molar refractivity (Wildman–Crippen MR) is 107 cm³/mol. The molecule has 0 spiro atoms. The maximum Gasteiger partial charge on any atom is 0.237 e. The van der Waals surface area contributed by atoms with Gasteiger partial charge in [-0.3, -0.25) is 9.59 Å². The summed E-state index contributed by atoms with van der Waals surface area (Å²) in [5.74, 6) is -1.99. The lowest BCUT2D eigenvalue weighted by atomic mass is 9.87. The molecule has 1 fully saturated rings. The second-order valence-electron chi connectivity index (χ2n) is 5.90. The van der Waals surface area contributed by atoms with Crippen LogP contribution in [0.25, 0.3) is 0 Å². The minimum atomic E-state index is -0.904. The summed E-state index contributed by atoms with van der Waals surface area (Å²) in [6.07, 6.45) is 0. The van der Waals surface area contributed by atoms with Crippen LogP contribution in [0.5, 0.6) is 0 Å². The molecule has 1 saturated heterocycles. The van der Waals surface area contributed by atoms with Gasteiger partial charge in [-0.25, -0.2) is 0 Å². The molecule has 1 aromatic heterocycles. The fourth-order valence-corrected chi connectivity index (χ4v) is 4.44. The Morgan fingerprint density at radius 3 is 2.64 bits per heavy atom. The topological polar surface area (TPSA) is 52.7 Å². The lowest BCUT2D eigenvalue weighted by molar-refractivity contribution is -0.135. The molecular weight excluding hydrogens is 449 g/mol. The third kappa shape index (κ3) is 4.22. The molecule has 0 saturated carbocycles. The van der Waals surface area contributed by atoms with E-state index in [1.807, 2.05) is 0 Å². The molecule has 136 valence electrons. The molecule has 2 heterocycles. The number of halogens is 3. The number of rotatable bonds is 5. The van der Waals surface area contributed by atoms with Crippen LogP contribution in [0, 0.1) is 11.8 Å². The summed E-state index contributed by atoms with van der Waals surface area (Å²) in [6, 6.07) is 1.70. The van der Waals surface area contributed by atoms with Gasteiger partial charge in [0.2, 0.25) is 11.8 Å². The van der Waals surface area contributed by atoms with E-state index in [0.717, 1.165) is 0 Å². The molecule has 25 heavy (non-hydrogen) atoms. The average molecular weight is 467 g/mol. The maximum absolute atomic E-state index is 12.8. The van der Waals surface area contributed by atoms with Crippen molar-refractivity contribution in [3.63, 3.8) is 0 Å². The Labute approximate surface area is 169 Å². The number of nitrogens with one attached hydrogen (secondary N) is 1. The van der Waals surface area contributed by atoms with E-state index >= 15 is 0 Å². The monoisotopic (exact) mass is 465 g/mol. The van der Waals surface area contributed by atoms with Gasteiger partial charge in [-0.1, -0.05) is 45.7 Å². The second kappa shape index (κ2) is 8.12.